The van der Waals surface area contributed by atoms with Gasteiger partial charge in [-0.3, -0.25) is 0 Å². The van der Waals surface area contributed by atoms with E-state index in [1.807, 2.05) is 6.92 Å². The number of hydrogen-bond donors (Lipinski definition) is 0. The summed E-state index contributed by atoms with van der Waals surface area (Å²) in [5, 5.41) is 3.89. The highest BCUT2D eigenvalue weighted by molar-refractivity contribution is 7.89. The average molecular weight is 464 g/mol. The van der Waals surface area contributed by atoms with Crippen LogP contribution < -0.4 is 9.64 Å². The molecule has 3 aromatic rings. The van der Waals surface area contributed by atoms with Crippen LogP contribution in [0.25, 0.3) is 0 Å². The largest absolute Gasteiger partial charge is 0.494 e. The standard InChI is InChI=1S/C21H22F2N4O4S/c1-2-30-16-4-6-17(7-5-16)32(28,29)27-11-9-26(10-12-27)21-24-20(25-31-21)14-15-3-8-18(22)19(23)13-15/h3-8,13H,2,9-12,14H2,1H3. The van der Waals surface area contributed by atoms with Crippen LogP contribution in [-0.4, -0.2) is 55.6 Å². The Morgan fingerprint density at radius 2 is 1.75 bits per heavy atom. The van der Waals surface area contributed by atoms with Crippen LogP contribution in [0.2, 0.25) is 0 Å². The van der Waals surface area contributed by atoms with Gasteiger partial charge in [0.1, 0.15) is 5.75 Å². The predicted octanol–water partition coefficient (Wildman–Crippen LogP) is 2.85. The Bertz CT molecular complexity index is 1180. The summed E-state index contributed by atoms with van der Waals surface area (Å²) in [7, 11) is -3.62. The fraction of sp³-hybridized carbons (Fsp3) is 0.333. The molecule has 8 nitrogen and oxygen atoms in total. The summed E-state index contributed by atoms with van der Waals surface area (Å²) in [5.41, 5.74) is 0.516. The van der Waals surface area contributed by atoms with E-state index >= 15 is 0 Å². The number of piperazine rings is 1. The number of hydrogen-bond acceptors (Lipinski definition) is 7. The van der Waals surface area contributed by atoms with Crippen molar-refractivity contribution >= 4 is 16.0 Å². The molecule has 11 heteroatoms. The molecule has 0 radical (unpaired) electrons. The molecule has 0 spiro atoms. The normalized spacial score (nSPS) is 15.2. The van der Waals surface area contributed by atoms with Gasteiger partial charge in [-0.1, -0.05) is 11.2 Å². The number of benzene rings is 2. The van der Waals surface area contributed by atoms with Gasteiger partial charge < -0.3 is 14.2 Å². The maximum atomic E-state index is 13.4. The lowest BCUT2D eigenvalue weighted by Gasteiger charge is -2.32. The molecule has 1 aliphatic heterocycles. The molecule has 2 aromatic carbocycles. The molecule has 0 N–H and O–H groups in total. The Morgan fingerprint density at radius 3 is 2.41 bits per heavy atom. The number of nitrogens with zero attached hydrogens (tertiary/aromatic N) is 4. The van der Waals surface area contributed by atoms with Gasteiger partial charge in [0.05, 0.1) is 11.5 Å². The van der Waals surface area contributed by atoms with Crippen molar-refractivity contribution in [1.82, 2.24) is 14.4 Å². The lowest BCUT2D eigenvalue weighted by molar-refractivity contribution is 0.339. The monoisotopic (exact) mass is 464 g/mol. The molecule has 0 aliphatic carbocycles. The van der Waals surface area contributed by atoms with Crippen molar-refractivity contribution in [2.45, 2.75) is 18.2 Å². The molecule has 0 amide bonds. The third-order valence-corrected chi connectivity index (χ3v) is 7.00. The van der Waals surface area contributed by atoms with Crippen molar-refractivity contribution in [3.05, 3.63) is 65.5 Å². The van der Waals surface area contributed by atoms with Gasteiger partial charge >= 0.3 is 6.01 Å². The Labute approximate surface area is 184 Å². The first-order chi connectivity index (χ1) is 15.4. The van der Waals surface area contributed by atoms with E-state index in [9.17, 15) is 17.2 Å². The highest BCUT2D eigenvalue weighted by Gasteiger charge is 2.30. The summed E-state index contributed by atoms with van der Waals surface area (Å²) in [4.78, 5) is 6.31. The number of ether oxygens (including phenoxy) is 1. The molecule has 1 aromatic heterocycles. The topological polar surface area (TPSA) is 88.8 Å². The number of aromatic nitrogens is 2. The van der Waals surface area contributed by atoms with Crippen LogP contribution in [0.1, 0.15) is 18.3 Å². The average Bonchev–Trinajstić information content (AvgIpc) is 3.25. The van der Waals surface area contributed by atoms with Crippen LogP contribution in [0.4, 0.5) is 14.8 Å². The van der Waals surface area contributed by atoms with E-state index in [0.717, 1.165) is 12.1 Å². The number of halogens is 2. The molecule has 0 saturated carbocycles. The number of sulfonamides is 1. The van der Waals surface area contributed by atoms with Crippen LogP contribution in [0.3, 0.4) is 0 Å². The van der Waals surface area contributed by atoms with Crippen molar-refractivity contribution in [2.75, 3.05) is 37.7 Å². The molecule has 0 unspecified atom stereocenters. The first kappa shape index (κ1) is 22.2. The molecule has 32 heavy (non-hydrogen) atoms. The second kappa shape index (κ2) is 9.21. The minimum Gasteiger partial charge on any atom is -0.494 e. The lowest BCUT2D eigenvalue weighted by atomic mass is 10.1. The number of rotatable bonds is 7. The molecular weight excluding hydrogens is 442 g/mol. The molecule has 1 aliphatic rings. The lowest BCUT2D eigenvalue weighted by Crippen LogP contribution is -2.48. The summed E-state index contributed by atoms with van der Waals surface area (Å²) in [6.07, 6.45) is 0.187. The van der Waals surface area contributed by atoms with Crippen molar-refractivity contribution in [3.63, 3.8) is 0 Å². The van der Waals surface area contributed by atoms with Crippen LogP contribution in [-0.2, 0) is 16.4 Å². The summed E-state index contributed by atoms with van der Waals surface area (Å²) in [6, 6.07) is 10.2. The first-order valence-corrected chi connectivity index (χ1v) is 11.6. The predicted molar refractivity (Wildman–Crippen MR) is 112 cm³/mol. The molecule has 0 atom stereocenters. The SMILES string of the molecule is CCOc1ccc(S(=O)(=O)N2CCN(c3nc(Cc4ccc(F)c(F)c4)no3)CC2)cc1. The van der Waals surface area contributed by atoms with E-state index in [1.54, 1.807) is 17.0 Å². The van der Waals surface area contributed by atoms with Crippen LogP contribution in [0, 0.1) is 11.6 Å². The van der Waals surface area contributed by atoms with Crippen molar-refractivity contribution in [3.8, 4) is 5.75 Å². The van der Waals surface area contributed by atoms with E-state index in [2.05, 4.69) is 10.1 Å². The Hall–Kier alpha value is -3.05. The van der Waals surface area contributed by atoms with E-state index < -0.39 is 21.7 Å². The second-order valence-corrected chi connectivity index (χ2v) is 9.15. The number of anilines is 1. The zero-order chi connectivity index (χ0) is 22.7. The van der Waals surface area contributed by atoms with E-state index in [-0.39, 0.29) is 30.4 Å². The Kier molecular flexibility index (Phi) is 6.38. The van der Waals surface area contributed by atoms with Gasteiger partial charge in [0.15, 0.2) is 17.5 Å². The Morgan fingerprint density at radius 1 is 1.03 bits per heavy atom. The van der Waals surface area contributed by atoms with Crippen LogP contribution >= 0.6 is 0 Å². The van der Waals surface area contributed by atoms with Gasteiger partial charge in [-0.05, 0) is 48.9 Å². The van der Waals surface area contributed by atoms with Crippen molar-refractivity contribution < 1.29 is 26.5 Å². The summed E-state index contributed by atoms with van der Waals surface area (Å²) >= 11 is 0. The minimum atomic E-state index is -3.62. The maximum absolute atomic E-state index is 13.4. The van der Waals surface area contributed by atoms with Crippen molar-refractivity contribution in [2.24, 2.45) is 0 Å². The van der Waals surface area contributed by atoms with Crippen molar-refractivity contribution in [1.29, 1.82) is 0 Å². The summed E-state index contributed by atoms with van der Waals surface area (Å²) in [5.74, 6) is -0.904. The van der Waals surface area contributed by atoms with Gasteiger partial charge in [-0.15, -0.1) is 0 Å². The third kappa shape index (κ3) is 4.73. The quantitative estimate of drug-likeness (QED) is 0.531. The molecule has 2 heterocycles. The molecule has 4 rings (SSSR count). The van der Waals surface area contributed by atoms with Gasteiger partial charge in [-0.25, -0.2) is 17.2 Å². The molecule has 0 bridgehead atoms. The van der Waals surface area contributed by atoms with Gasteiger partial charge in [-0.2, -0.15) is 9.29 Å². The molecule has 1 fully saturated rings. The third-order valence-electron chi connectivity index (χ3n) is 5.09. The fourth-order valence-corrected chi connectivity index (χ4v) is 4.84. The van der Waals surface area contributed by atoms with Crippen LogP contribution in [0.5, 0.6) is 5.75 Å². The minimum absolute atomic E-state index is 0.187. The summed E-state index contributed by atoms with van der Waals surface area (Å²) in [6.45, 7) is 3.64. The molecular formula is C21H22F2N4O4S. The van der Waals surface area contributed by atoms with E-state index in [1.165, 1.54) is 22.5 Å². The van der Waals surface area contributed by atoms with Gasteiger partial charge in [0, 0.05) is 32.6 Å². The van der Waals surface area contributed by atoms with Gasteiger partial charge in [0.2, 0.25) is 10.0 Å². The van der Waals surface area contributed by atoms with E-state index in [0.29, 0.717) is 36.8 Å². The fourth-order valence-electron chi connectivity index (χ4n) is 3.42. The van der Waals surface area contributed by atoms with E-state index in [4.69, 9.17) is 9.26 Å². The zero-order valence-corrected chi connectivity index (χ0v) is 18.2. The molecule has 170 valence electrons. The van der Waals surface area contributed by atoms with Crippen LogP contribution in [0.15, 0.2) is 51.9 Å². The smallest absolute Gasteiger partial charge is 0.324 e. The first-order valence-electron chi connectivity index (χ1n) is 10.1. The Balaban J connectivity index is 1.37. The highest BCUT2D eigenvalue weighted by atomic mass is 32.2. The van der Waals surface area contributed by atoms with Gasteiger partial charge in [0.25, 0.3) is 0 Å². The highest BCUT2D eigenvalue weighted by Crippen LogP contribution is 2.23. The zero-order valence-electron chi connectivity index (χ0n) is 17.4. The summed E-state index contributed by atoms with van der Waals surface area (Å²) < 4.78 is 64.3. The molecule has 1 saturated heterocycles. The second-order valence-electron chi connectivity index (χ2n) is 7.21. The maximum Gasteiger partial charge on any atom is 0.324 e.